The molecule has 0 amide bonds. The van der Waals surface area contributed by atoms with Gasteiger partial charge in [-0.3, -0.25) is 0 Å². The van der Waals surface area contributed by atoms with Crippen LogP contribution in [0.5, 0.6) is 5.75 Å². The molecule has 2 rings (SSSR count). The van der Waals surface area contributed by atoms with Gasteiger partial charge in [-0.2, -0.15) is 0 Å². The summed E-state index contributed by atoms with van der Waals surface area (Å²) in [6, 6.07) is 15.4. The Morgan fingerprint density at radius 3 is 1.84 bits per heavy atom. The maximum absolute atomic E-state index is 10.7. The molecule has 43 heavy (non-hydrogen) atoms. The smallest absolute Gasteiger partial charge is 0.171 e. The summed E-state index contributed by atoms with van der Waals surface area (Å²) in [4.78, 5) is 0. The van der Waals surface area contributed by atoms with Gasteiger partial charge in [-0.05, 0) is 109 Å². The molecule has 0 spiro atoms. The summed E-state index contributed by atoms with van der Waals surface area (Å²) in [5, 5.41) is 10.7. The molecule has 6 heteroatoms. The van der Waals surface area contributed by atoms with Crippen molar-refractivity contribution >= 4 is 18.1 Å². The molecule has 4 nitrogen and oxygen atoms in total. The molecule has 244 valence electrons. The Morgan fingerprint density at radius 2 is 1.33 bits per heavy atom. The summed E-state index contributed by atoms with van der Waals surface area (Å²) in [5.41, 5.74) is 4.29. The monoisotopic (exact) mass is 628 g/mol. The summed E-state index contributed by atoms with van der Waals surface area (Å²) in [7, 11) is -2.62. The lowest BCUT2D eigenvalue weighted by Gasteiger charge is -2.39. The Bertz CT molecular complexity index is 1110. The Kier molecular flexibility index (Phi) is 14.2. The number of hydrogen-bond acceptors (Lipinski definition) is 4. The largest absolute Gasteiger partial charge is 0.489 e. The fourth-order valence-electron chi connectivity index (χ4n) is 5.80. The predicted octanol–water partition coefficient (Wildman–Crippen LogP) is 10.3. The molecular weight excluding hydrogens is 565 g/mol. The van der Waals surface area contributed by atoms with Gasteiger partial charge in [0.1, 0.15) is 12.4 Å². The molecule has 0 aliphatic rings. The van der Waals surface area contributed by atoms with E-state index >= 15 is 0 Å². The third kappa shape index (κ3) is 11.8. The summed E-state index contributed by atoms with van der Waals surface area (Å²) in [6.07, 6.45) is 4.56. The van der Waals surface area contributed by atoms with Crippen molar-refractivity contribution in [2.45, 2.75) is 151 Å². The summed E-state index contributed by atoms with van der Waals surface area (Å²) >= 11 is 0. The van der Waals surface area contributed by atoms with Crippen molar-refractivity contribution in [3.8, 4) is 5.75 Å². The molecule has 0 aliphatic carbocycles. The Hall–Kier alpha value is -1.45. The van der Waals surface area contributed by atoms with Gasteiger partial charge in [-0.15, -0.1) is 0 Å². The van der Waals surface area contributed by atoms with Crippen LogP contribution in [-0.4, -0.2) is 28.8 Å². The topological polar surface area (TPSA) is 47.9 Å². The van der Waals surface area contributed by atoms with Crippen LogP contribution in [0.15, 0.2) is 42.5 Å². The Balaban J connectivity index is 2.35. The van der Waals surface area contributed by atoms with Crippen molar-refractivity contribution in [2.75, 3.05) is 0 Å². The highest BCUT2D eigenvalue weighted by Gasteiger charge is 2.36. The molecule has 0 heterocycles. The zero-order chi connectivity index (χ0) is 32.6. The lowest BCUT2D eigenvalue weighted by molar-refractivity contribution is 0.0209. The molecule has 0 saturated heterocycles. The second-order valence-corrected chi connectivity index (χ2v) is 20.2. The van der Waals surface area contributed by atoms with E-state index < -0.39 is 23.7 Å². The van der Waals surface area contributed by atoms with Crippen LogP contribution in [0.3, 0.4) is 0 Å². The van der Waals surface area contributed by atoms with Crippen LogP contribution >= 0.6 is 0 Å². The maximum atomic E-state index is 10.7. The number of benzene rings is 2. The fraction of sp³-hybridized carbons (Fsp3) is 0.676. The average Bonchev–Trinajstić information content (AvgIpc) is 2.92. The van der Waals surface area contributed by atoms with Crippen LogP contribution in [0, 0.1) is 10.8 Å². The molecule has 0 radical (unpaired) electrons. The van der Waals surface area contributed by atoms with E-state index in [1.54, 1.807) is 0 Å². The van der Waals surface area contributed by atoms with Gasteiger partial charge in [0.15, 0.2) is 18.1 Å². The second kappa shape index (κ2) is 16.2. The van der Waals surface area contributed by atoms with Crippen LogP contribution in [0.1, 0.15) is 135 Å². The molecule has 0 saturated carbocycles. The number of ether oxygens (including phenoxy) is 1. The van der Waals surface area contributed by atoms with E-state index in [-0.39, 0.29) is 23.0 Å². The van der Waals surface area contributed by atoms with Crippen LogP contribution in [-0.2, 0) is 15.5 Å². The number of hydrogen-bond donors (Lipinski definition) is 1. The number of rotatable bonds is 16. The van der Waals surface area contributed by atoms with Crippen molar-refractivity contribution in [1.29, 1.82) is 0 Å². The molecule has 0 fully saturated rings. The lowest BCUT2D eigenvalue weighted by atomic mass is 9.77. The van der Waals surface area contributed by atoms with Gasteiger partial charge in [0.2, 0.25) is 0 Å². The molecule has 0 aliphatic heterocycles. The minimum absolute atomic E-state index is 0.00527. The van der Waals surface area contributed by atoms with Crippen molar-refractivity contribution < 1.29 is 18.7 Å². The molecule has 3 unspecified atom stereocenters. The molecular formula is C37H64O4Si2. The van der Waals surface area contributed by atoms with Crippen LogP contribution in [0.4, 0.5) is 0 Å². The van der Waals surface area contributed by atoms with Gasteiger partial charge < -0.3 is 18.7 Å². The first-order valence-corrected chi connectivity index (χ1v) is 22.3. The Morgan fingerprint density at radius 1 is 0.767 bits per heavy atom. The van der Waals surface area contributed by atoms with E-state index in [0.29, 0.717) is 12.5 Å². The van der Waals surface area contributed by atoms with Crippen molar-refractivity contribution in [1.82, 2.24) is 0 Å². The third-order valence-electron chi connectivity index (χ3n) is 8.53. The summed E-state index contributed by atoms with van der Waals surface area (Å²) in [5.74, 6) is 1.31. The quantitative estimate of drug-likeness (QED) is 0.188. The van der Waals surface area contributed by atoms with Crippen LogP contribution in [0.2, 0.25) is 26.2 Å². The minimum Gasteiger partial charge on any atom is -0.489 e. The first-order chi connectivity index (χ1) is 19.9. The van der Waals surface area contributed by atoms with Crippen LogP contribution < -0.4 is 4.74 Å². The van der Waals surface area contributed by atoms with Crippen molar-refractivity contribution in [3.05, 3.63) is 64.7 Å². The first kappa shape index (κ1) is 37.7. The van der Waals surface area contributed by atoms with Gasteiger partial charge in [0.25, 0.3) is 0 Å². The number of aliphatic hydroxyl groups is 1. The van der Waals surface area contributed by atoms with Gasteiger partial charge in [0, 0.05) is 0 Å². The molecule has 3 atom stereocenters. The zero-order valence-electron chi connectivity index (χ0n) is 29.8. The highest BCUT2D eigenvalue weighted by Crippen LogP contribution is 2.46. The minimum atomic E-state index is -1.33. The van der Waals surface area contributed by atoms with E-state index in [9.17, 15) is 5.11 Å². The van der Waals surface area contributed by atoms with Crippen LogP contribution in [0.25, 0.3) is 0 Å². The molecule has 0 bridgehead atoms. The SMILES string of the molecule is CCC(O)(CC)CCCC(C)c1cccc(COc2ccc(C(O[SiH](C)C)C(C)(C)C)c(C(O[SiH](C)C)C(C)(C)C)c2)c1. The zero-order valence-corrected chi connectivity index (χ0v) is 32.2. The van der Waals surface area contributed by atoms with E-state index in [2.05, 4.69) is 131 Å². The lowest BCUT2D eigenvalue weighted by Crippen LogP contribution is -2.31. The predicted molar refractivity (Wildman–Crippen MR) is 189 cm³/mol. The van der Waals surface area contributed by atoms with E-state index in [1.165, 1.54) is 22.3 Å². The van der Waals surface area contributed by atoms with E-state index in [0.717, 1.165) is 37.9 Å². The third-order valence-corrected chi connectivity index (χ3v) is 10.2. The van der Waals surface area contributed by atoms with E-state index in [1.807, 2.05) is 0 Å². The highest BCUT2D eigenvalue weighted by atomic mass is 28.3. The standard InChI is InChI=1S/C37H64O4Si2/c1-14-37(38,15-2)23-17-18-27(3)29-20-16-19-28(24-29)26-39-30-21-22-31(33(35(4,5)6)40-42(10)11)32(25-30)34(36(7,8)9)41-43(12)13/h16,19-22,24-25,27,33-34,38,42-43H,14-15,17-18,23,26H2,1-13H3. The summed E-state index contributed by atoms with van der Waals surface area (Å²) in [6.45, 7) is 29.6. The van der Waals surface area contributed by atoms with Gasteiger partial charge in [-0.1, -0.05) is 92.6 Å². The molecule has 2 aromatic rings. The normalized spacial score (nSPS) is 15.2. The maximum Gasteiger partial charge on any atom is 0.171 e. The molecule has 1 N–H and O–H groups in total. The highest BCUT2D eigenvalue weighted by molar-refractivity contribution is 6.48. The Labute approximate surface area is 268 Å². The molecule has 2 aromatic carbocycles. The van der Waals surface area contributed by atoms with Crippen molar-refractivity contribution in [3.63, 3.8) is 0 Å². The van der Waals surface area contributed by atoms with Gasteiger partial charge in [0.05, 0.1) is 17.8 Å². The second-order valence-electron chi connectivity index (χ2n) is 15.4. The van der Waals surface area contributed by atoms with E-state index in [4.69, 9.17) is 13.6 Å². The molecule has 0 aromatic heterocycles. The van der Waals surface area contributed by atoms with Gasteiger partial charge in [-0.25, -0.2) is 0 Å². The average molecular weight is 629 g/mol. The first-order valence-electron chi connectivity index (χ1n) is 16.8. The van der Waals surface area contributed by atoms with Gasteiger partial charge >= 0.3 is 0 Å². The van der Waals surface area contributed by atoms with Crippen molar-refractivity contribution in [2.24, 2.45) is 10.8 Å². The fourth-order valence-corrected chi connectivity index (χ4v) is 8.00. The summed E-state index contributed by atoms with van der Waals surface area (Å²) < 4.78 is 20.0.